The van der Waals surface area contributed by atoms with Gasteiger partial charge in [0.1, 0.15) is 0 Å². The van der Waals surface area contributed by atoms with Gasteiger partial charge in [-0.25, -0.2) is 0 Å². The average molecular weight is 283 g/mol. The van der Waals surface area contributed by atoms with Crippen LogP contribution in [0.25, 0.3) is 0 Å². The summed E-state index contributed by atoms with van der Waals surface area (Å²) in [5.74, 6) is 0.0593. The van der Waals surface area contributed by atoms with Gasteiger partial charge in [-0.1, -0.05) is 24.3 Å². The number of amides is 1. The number of carbonyl (C=O) groups excluding carboxylic acids is 1. The second-order valence-electron chi connectivity index (χ2n) is 4.99. The molecule has 1 amide bonds. The predicted octanol–water partition coefficient (Wildman–Crippen LogP) is 2.19. The van der Waals surface area contributed by atoms with E-state index in [-0.39, 0.29) is 5.91 Å². The fourth-order valence-corrected chi connectivity index (χ4v) is 2.02. The van der Waals surface area contributed by atoms with E-state index in [9.17, 15) is 4.79 Å². The van der Waals surface area contributed by atoms with Gasteiger partial charge in [-0.2, -0.15) is 0 Å². The number of aromatic nitrogens is 1. The van der Waals surface area contributed by atoms with E-state index in [0.29, 0.717) is 19.5 Å². The van der Waals surface area contributed by atoms with Crippen LogP contribution in [0.1, 0.15) is 23.1 Å². The zero-order valence-corrected chi connectivity index (χ0v) is 12.3. The highest BCUT2D eigenvalue weighted by Crippen LogP contribution is 2.05. The third-order valence-corrected chi connectivity index (χ3v) is 3.34. The normalized spacial score (nSPS) is 10.3. The van der Waals surface area contributed by atoms with Crippen LogP contribution in [-0.2, 0) is 17.9 Å². The monoisotopic (exact) mass is 283 g/mol. The molecule has 1 aromatic heterocycles. The molecule has 0 spiro atoms. The maximum atomic E-state index is 11.7. The Hall–Kier alpha value is -2.20. The molecule has 0 atom stereocenters. The molecule has 0 fully saturated rings. The molecule has 0 radical (unpaired) electrons. The molecule has 0 aliphatic carbocycles. The molecule has 0 saturated carbocycles. The summed E-state index contributed by atoms with van der Waals surface area (Å²) in [4.78, 5) is 15.7. The van der Waals surface area contributed by atoms with Gasteiger partial charge in [0.2, 0.25) is 5.91 Å². The van der Waals surface area contributed by atoms with Gasteiger partial charge < -0.3 is 10.6 Å². The smallest absolute Gasteiger partial charge is 0.221 e. The van der Waals surface area contributed by atoms with Gasteiger partial charge in [-0.05, 0) is 35.7 Å². The lowest BCUT2D eigenvalue weighted by Gasteiger charge is -2.08. The number of benzene rings is 1. The highest BCUT2D eigenvalue weighted by Gasteiger charge is 2.01. The van der Waals surface area contributed by atoms with Crippen molar-refractivity contribution in [3.05, 3.63) is 65.5 Å². The van der Waals surface area contributed by atoms with Crippen LogP contribution < -0.4 is 10.6 Å². The van der Waals surface area contributed by atoms with E-state index in [4.69, 9.17) is 0 Å². The van der Waals surface area contributed by atoms with E-state index in [1.165, 1.54) is 11.1 Å². The number of carbonyl (C=O) groups is 1. The number of rotatable bonds is 7. The molecule has 2 rings (SSSR count). The van der Waals surface area contributed by atoms with Crippen molar-refractivity contribution in [2.24, 2.45) is 0 Å². The van der Waals surface area contributed by atoms with Gasteiger partial charge in [-0.3, -0.25) is 9.78 Å². The standard InChI is InChI=1S/C17H21N3O/c1-14-4-2-3-5-16(14)13-19-11-8-17(21)20-12-15-6-9-18-10-7-15/h2-7,9-10,19H,8,11-13H2,1H3,(H,20,21). The summed E-state index contributed by atoms with van der Waals surface area (Å²) in [6, 6.07) is 12.1. The Morgan fingerprint density at radius 1 is 1.10 bits per heavy atom. The third-order valence-electron chi connectivity index (χ3n) is 3.34. The molecular weight excluding hydrogens is 262 g/mol. The Morgan fingerprint density at radius 3 is 2.62 bits per heavy atom. The Morgan fingerprint density at radius 2 is 1.86 bits per heavy atom. The predicted molar refractivity (Wildman–Crippen MR) is 83.6 cm³/mol. The molecule has 1 aromatic carbocycles. The van der Waals surface area contributed by atoms with Crippen molar-refractivity contribution in [3.8, 4) is 0 Å². The summed E-state index contributed by atoms with van der Waals surface area (Å²) < 4.78 is 0. The van der Waals surface area contributed by atoms with Crippen molar-refractivity contribution < 1.29 is 4.79 Å². The molecular formula is C17H21N3O. The van der Waals surface area contributed by atoms with E-state index in [1.807, 2.05) is 24.3 Å². The van der Waals surface area contributed by atoms with Gasteiger partial charge in [0.25, 0.3) is 0 Å². The Bertz CT molecular complexity index is 569. The second-order valence-corrected chi connectivity index (χ2v) is 4.99. The first-order chi connectivity index (χ1) is 10.3. The minimum absolute atomic E-state index is 0.0593. The fraction of sp³-hybridized carbons (Fsp3) is 0.294. The minimum atomic E-state index is 0.0593. The van der Waals surface area contributed by atoms with E-state index in [0.717, 1.165) is 12.1 Å². The molecule has 110 valence electrons. The number of aryl methyl sites for hydroxylation is 1. The van der Waals surface area contributed by atoms with E-state index >= 15 is 0 Å². The molecule has 0 saturated heterocycles. The van der Waals surface area contributed by atoms with Crippen molar-refractivity contribution in [3.63, 3.8) is 0 Å². The molecule has 2 aromatic rings. The van der Waals surface area contributed by atoms with Gasteiger partial charge in [0.15, 0.2) is 0 Å². The summed E-state index contributed by atoms with van der Waals surface area (Å²) in [6.07, 6.45) is 3.94. The summed E-state index contributed by atoms with van der Waals surface area (Å²) >= 11 is 0. The topological polar surface area (TPSA) is 54.0 Å². The Labute approximate surface area is 125 Å². The second kappa shape index (κ2) is 8.17. The number of nitrogens with one attached hydrogen (secondary N) is 2. The van der Waals surface area contributed by atoms with E-state index in [2.05, 4.69) is 34.7 Å². The lowest BCUT2D eigenvalue weighted by molar-refractivity contribution is -0.121. The van der Waals surface area contributed by atoms with Gasteiger partial charge in [-0.15, -0.1) is 0 Å². The molecule has 2 N–H and O–H groups in total. The molecule has 4 heteroatoms. The number of hydrogen-bond donors (Lipinski definition) is 2. The van der Waals surface area contributed by atoms with Crippen LogP contribution in [0.5, 0.6) is 0 Å². The number of hydrogen-bond acceptors (Lipinski definition) is 3. The Balaban J connectivity index is 1.62. The van der Waals surface area contributed by atoms with Crippen molar-refractivity contribution in [1.82, 2.24) is 15.6 Å². The van der Waals surface area contributed by atoms with Crippen molar-refractivity contribution in [2.45, 2.75) is 26.4 Å². The van der Waals surface area contributed by atoms with Crippen LogP contribution in [0.3, 0.4) is 0 Å². The van der Waals surface area contributed by atoms with Gasteiger partial charge in [0, 0.05) is 38.4 Å². The van der Waals surface area contributed by atoms with Crippen LogP contribution in [0.4, 0.5) is 0 Å². The van der Waals surface area contributed by atoms with Crippen LogP contribution >= 0.6 is 0 Å². The molecule has 0 bridgehead atoms. The molecule has 0 aliphatic rings. The highest BCUT2D eigenvalue weighted by atomic mass is 16.1. The Kier molecular flexibility index (Phi) is 5.91. The quantitative estimate of drug-likeness (QED) is 0.766. The molecule has 21 heavy (non-hydrogen) atoms. The van der Waals surface area contributed by atoms with Crippen LogP contribution in [-0.4, -0.2) is 17.4 Å². The summed E-state index contributed by atoms with van der Waals surface area (Å²) in [5, 5.41) is 6.20. The molecule has 4 nitrogen and oxygen atoms in total. The lowest BCUT2D eigenvalue weighted by atomic mass is 10.1. The van der Waals surface area contributed by atoms with Crippen molar-refractivity contribution >= 4 is 5.91 Å². The van der Waals surface area contributed by atoms with Crippen LogP contribution in [0, 0.1) is 6.92 Å². The zero-order chi connectivity index (χ0) is 14.9. The van der Waals surface area contributed by atoms with Crippen LogP contribution in [0.15, 0.2) is 48.8 Å². The fourth-order valence-electron chi connectivity index (χ4n) is 2.02. The average Bonchev–Trinajstić information content (AvgIpc) is 2.52. The zero-order valence-electron chi connectivity index (χ0n) is 12.3. The minimum Gasteiger partial charge on any atom is -0.352 e. The third kappa shape index (κ3) is 5.36. The summed E-state index contributed by atoms with van der Waals surface area (Å²) in [7, 11) is 0. The van der Waals surface area contributed by atoms with E-state index in [1.54, 1.807) is 12.4 Å². The lowest BCUT2D eigenvalue weighted by Crippen LogP contribution is -2.27. The summed E-state index contributed by atoms with van der Waals surface area (Å²) in [6.45, 7) is 4.12. The number of nitrogens with zero attached hydrogens (tertiary/aromatic N) is 1. The van der Waals surface area contributed by atoms with Crippen molar-refractivity contribution in [2.75, 3.05) is 6.54 Å². The van der Waals surface area contributed by atoms with Crippen LogP contribution in [0.2, 0.25) is 0 Å². The largest absolute Gasteiger partial charge is 0.352 e. The SMILES string of the molecule is Cc1ccccc1CNCCC(=O)NCc1ccncc1. The maximum absolute atomic E-state index is 11.7. The molecule has 0 unspecified atom stereocenters. The first-order valence-electron chi connectivity index (χ1n) is 7.16. The van der Waals surface area contributed by atoms with Gasteiger partial charge >= 0.3 is 0 Å². The van der Waals surface area contributed by atoms with Crippen molar-refractivity contribution in [1.29, 1.82) is 0 Å². The van der Waals surface area contributed by atoms with Gasteiger partial charge in [0.05, 0.1) is 0 Å². The first-order valence-corrected chi connectivity index (χ1v) is 7.16. The number of pyridine rings is 1. The van der Waals surface area contributed by atoms with E-state index < -0.39 is 0 Å². The summed E-state index contributed by atoms with van der Waals surface area (Å²) in [5.41, 5.74) is 3.60. The molecule has 1 heterocycles. The maximum Gasteiger partial charge on any atom is 0.221 e. The molecule has 0 aliphatic heterocycles. The first kappa shape index (κ1) is 15.2. The highest BCUT2D eigenvalue weighted by molar-refractivity contribution is 5.76.